The lowest BCUT2D eigenvalue weighted by Gasteiger charge is -2.44. The van der Waals surface area contributed by atoms with Gasteiger partial charge in [0.1, 0.15) is 11.2 Å². The molecule has 7 aromatic carbocycles. The summed E-state index contributed by atoms with van der Waals surface area (Å²) in [7, 11) is -2.70. The molecule has 1 spiro atoms. The lowest BCUT2D eigenvalue weighted by molar-refractivity contribution is 0.669. The Morgan fingerprint density at radius 3 is 1.66 bits per heavy atom. The van der Waals surface area contributed by atoms with Crippen LogP contribution in [0.2, 0.25) is 0 Å². The van der Waals surface area contributed by atoms with Crippen LogP contribution in [0.3, 0.4) is 0 Å². The Balaban J connectivity index is 1.30. The van der Waals surface area contributed by atoms with Crippen LogP contribution < -0.4 is 25.6 Å². The minimum absolute atomic E-state index is 0.894. The molecular formula is C42H27NOS2Si. The fourth-order valence-electron chi connectivity index (χ4n) is 7.69. The number of para-hydroxylation sites is 2. The number of hydrogen-bond donors (Lipinski definition) is 0. The molecule has 0 aliphatic carbocycles. The summed E-state index contributed by atoms with van der Waals surface area (Å²) >= 11 is 3.83. The first kappa shape index (κ1) is 27.2. The van der Waals surface area contributed by atoms with E-state index in [2.05, 4.69) is 163 Å². The van der Waals surface area contributed by atoms with Crippen LogP contribution >= 0.6 is 23.5 Å². The number of benzene rings is 7. The van der Waals surface area contributed by atoms with Crippen LogP contribution in [-0.2, 0) is 0 Å². The zero-order chi connectivity index (χ0) is 31.0. The van der Waals surface area contributed by atoms with Crippen LogP contribution in [0.1, 0.15) is 0 Å². The van der Waals surface area contributed by atoms with Gasteiger partial charge in [0.15, 0.2) is 8.07 Å². The van der Waals surface area contributed by atoms with E-state index in [1.165, 1.54) is 40.3 Å². The molecule has 3 heterocycles. The lowest BCUT2D eigenvalue weighted by Crippen LogP contribution is -2.78. The predicted octanol–water partition coefficient (Wildman–Crippen LogP) is 9.36. The molecule has 0 saturated heterocycles. The van der Waals surface area contributed by atoms with Crippen molar-refractivity contribution >= 4 is 91.3 Å². The Morgan fingerprint density at radius 1 is 0.426 bits per heavy atom. The number of fused-ring (bicyclic) bond motifs is 11. The fraction of sp³-hybridized carbons (Fsp3) is 0. The minimum atomic E-state index is -2.70. The number of furan rings is 1. The molecule has 0 fully saturated rings. The van der Waals surface area contributed by atoms with E-state index in [9.17, 15) is 0 Å². The maximum Gasteiger partial charge on any atom is 0.184 e. The molecule has 2 aliphatic rings. The molecule has 0 amide bonds. The molecule has 0 saturated carbocycles. The van der Waals surface area contributed by atoms with Crippen molar-refractivity contribution < 1.29 is 4.42 Å². The first-order valence-corrected chi connectivity index (χ1v) is 19.5. The van der Waals surface area contributed by atoms with Crippen molar-refractivity contribution in [1.82, 2.24) is 0 Å². The van der Waals surface area contributed by atoms with E-state index in [0.29, 0.717) is 0 Å². The molecule has 0 atom stereocenters. The van der Waals surface area contributed by atoms with Crippen LogP contribution in [0.4, 0.5) is 17.1 Å². The average molecular weight is 654 g/mol. The molecule has 0 bridgehead atoms. The van der Waals surface area contributed by atoms with Gasteiger partial charge in [-0.15, -0.1) is 0 Å². The lowest BCUT2D eigenvalue weighted by atomic mass is 10.1. The standard InChI is InChI=1S/C42H27NOS2Si/c1-2-13-28(14-3-1)43(31-16-12-18-33-42(31)30-15-4-5-17-32(30)44-33)29-25-26-37-41(27-29)47(40-24-11-8-21-36(40)46-37)38-22-9-6-19-34(38)45-35-20-7-10-23-39(35)47/h1-27H. The number of rotatable bonds is 3. The van der Waals surface area contributed by atoms with Gasteiger partial charge in [0.25, 0.3) is 0 Å². The van der Waals surface area contributed by atoms with E-state index in [-0.39, 0.29) is 0 Å². The molecule has 0 unspecified atom stereocenters. The van der Waals surface area contributed by atoms with E-state index >= 15 is 0 Å². The minimum Gasteiger partial charge on any atom is -0.456 e. The van der Waals surface area contributed by atoms with Gasteiger partial charge < -0.3 is 9.32 Å². The summed E-state index contributed by atoms with van der Waals surface area (Å²) in [6.07, 6.45) is 0. The SMILES string of the molecule is c1ccc(N(c2ccc3c(c2)[Si]2(c4ccccc4Sc4ccccc42)c2ccccc2S3)c2cccc3oc4ccccc4c23)cc1. The molecule has 10 rings (SSSR count). The molecule has 0 N–H and O–H groups in total. The zero-order valence-corrected chi connectivity index (χ0v) is 27.9. The van der Waals surface area contributed by atoms with Gasteiger partial charge in [-0.05, 0) is 87.5 Å². The third kappa shape index (κ3) is 3.94. The van der Waals surface area contributed by atoms with Crippen molar-refractivity contribution in [2.45, 2.75) is 19.6 Å². The molecule has 2 nitrogen and oxygen atoms in total. The Labute approximate surface area is 282 Å². The van der Waals surface area contributed by atoms with Gasteiger partial charge in [0, 0.05) is 36.3 Å². The summed E-state index contributed by atoms with van der Waals surface area (Å²) in [4.78, 5) is 7.87. The second-order valence-electron chi connectivity index (χ2n) is 12.0. The van der Waals surface area contributed by atoms with Crippen molar-refractivity contribution in [3.8, 4) is 0 Å². The van der Waals surface area contributed by atoms with Crippen LogP contribution in [0, 0.1) is 0 Å². The van der Waals surface area contributed by atoms with Crippen molar-refractivity contribution in [3.05, 3.63) is 164 Å². The first-order valence-electron chi connectivity index (χ1n) is 15.8. The predicted molar refractivity (Wildman–Crippen MR) is 200 cm³/mol. The molecule has 0 radical (unpaired) electrons. The highest BCUT2D eigenvalue weighted by Crippen LogP contribution is 2.45. The number of hydrogen-bond acceptors (Lipinski definition) is 4. The summed E-state index contributed by atoms with van der Waals surface area (Å²) in [5.41, 5.74) is 5.17. The largest absolute Gasteiger partial charge is 0.456 e. The highest BCUT2D eigenvalue weighted by atomic mass is 32.2. The summed E-state index contributed by atoms with van der Waals surface area (Å²) < 4.78 is 6.39. The first-order chi connectivity index (χ1) is 23.3. The maximum absolute atomic E-state index is 6.39. The maximum atomic E-state index is 6.39. The van der Waals surface area contributed by atoms with Crippen molar-refractivity contribution in [2.24, 2.45) is 0 Å². The van der Waals surface area contributed by atoms with E-state index in [4.69, 9.17) is 4.42 Å². The van der Waals surface area contributed by atoms with Crippen LogP contribution in [0.25, 0.3) is 21.9 Å². The molecular weight excluding hydrogens is 627 g/mol. The normalized spacial score (nSPS) is 14.0. The number of anilines is 3. The Kier molecular flexibility index (Phi) is 6.10. The molecule has 47 heavy (non-hydrogen) atoms. The summed E-state index contributed by atoms with van der Waals surface area (Å²) in [6.45, 7) is 0. The quantitative estimate of drug-likeness (QED) is 0.177. The summed E-state index contributed by atoms with van der Waals surface area (Å²) in [5.74, 6) is 0. The molecule has 5 heteroatoms. The average Bonchev–Trinajstić information content (AvgIpc) is 3.52. The van der Waals surface area contributed by atoms with Gasteiger partial charge >= 0.3 is 0 Å². The third-order valence-corrected chi connectivity index (χ3v) is 17.6. The van der Waals surface area contributed by atoms with Crippen molar-refractivity contribution in [2.75, 3.05) is 4.90 Å². The Bertz CT molecular complexity index is 2400. The van der Waals surface area contributed by atoms with Gasteiger partial charge in [-0.2, -0.15) is 0 Å². The molecule has 1 aromatic heterocycles. The van der Waals surface area contributed by atoms with Crippen molar-refractivity contribution in [1.29, 1.82) is 0 Å². The van der Waals surface area contributed by atoms with Crippen LogP contribution in [-0.4, -0.2) is 8.07 Å². The fourth-order valence-corrected chi connectivity index (χ4v) is 16.8. The number of nitrogens with zero attached hydrogens (tertiary/aromatic N) is 1. The highest BCUT2D eigenvalue weighted by Gasteiger charge is 2.51. The van der Waals surface area contributed by atoms with Crippen molar-refractivity contribution in [3.63, 3.8) is 0 Å². The smallest absolute Gasteiger partial charge is 0.184 e. The Morgan fingerprint density at radius 2 is 0.979 bits per heavy atom. The van der Waals surface area contributed by atoms with Gasteiger partial charge in [0.2, 0.25) is 0 Å². The van der Waals surface area contributed by atoms with Gasteiger partial charge in [-0.1, -0.05) is 121 Å². The van der Waals surface area contributed by atoms with Gasteiger partial charge in [-0.25, -0.2) is 0 Å². The van der Waals surface area contributed by atoms with E-state index in [1.54, 1.807) is 0 Å². The van der Waals surface area contributed by atoms with Crippen LogP contribution in [0.15, 0.2) is 188 Å². The van der Waals surface area contributed by atoms with E-state index in [1.807, 2.05) is 29.6 Å². The zero-order valence-electron chi connectivity index (χ0n) is 25.3. The van der Waals surface area contributed by atoms with Crippen LogP contribution in [0.5, 0.6) is 0 Å². The second-order valence-corrected chi connectivity index (χ2v) is 17.9. The van der Waals surface area contributed by atoms with E-state index < -0.39 is 8.07 Å². The topological polar surface area (TPSA) is 16.4 Å². The third-order valence-electron chi connectivity index (χ3n) is 9.57. The highest BCUT2D eigenvalue weighted by molar-refractivity contribution is 8.01. The van der Waals surface area contributed by atoms with Gasteiger partial charge in [0.05, 0.1) is 11.1 Å². The monoisotopic (exact) mass is 653 g/mol. The summed E-state index contributed by atoms with van der Waals surface area (Å²) in [5, 5.41) is 8.13. The molecule has 222 valence electrons. The molecule has 8 aromatic rings. The molecule has 2 aliphatic heterocycles. The Hall–Kier alpha value is -4.94. The second kappa shape index (κ2) is 10.5. The summed E-state index contributed by atoms with van der Waals surface area (Å²) in [6, 6.07) is 60.2. The van der Waals surface area contributed by atoms with Gasteiger partial charge in [-0.3, -0.25) is 0 Å². The van der Waals surface area contributed by atoms with E-state index in [0.717, 1.165) is 39.0 Å².